The molecular formula is C20H22F2N2O2. The zero-order valence-corrected chi connectivity index (χ0v) is 14.5. The van der Waals surface area contributed by atoms with Crippen LogP contribution in [-0.4, -0.2) is 55.0 Å². The van der Waals surface area contributed by atoms with E-state index in [0.717, 1.165) is 19.5 Å². The molecule has 0 bridgehead atoms. The number of ether oxygens (including phenoxy) is 1. The van der Waals surface area contributed by atoms with Crippen LogP contribution in [0.25, 0.3) is 0 Å². The highest BCUT2D eigenvalue weighted by atomic mass is 19.1. The van der Waals surface area contributed by atoms with Crippen molar-refractivity contribution >= 4 is 5.91 Å². The molecule has 0 aromatic heterocycles. The van der Waals surface area contributed by atoms with E-state index in [1.807, 2.05) is 0 Å². The first kappa shape index (κ1) is 18.3. The van der Waals surface area contributed by atoms with Gasteiger partial charge in [-0.2, -0.15) is 0 Å². The summed E-state index contributed by atoms with van der Waals surface area (Å²) in [7, 11) is 0. The van der Waals surface area contributed by atoms with E-state index < -0.39 is 0 Å². The Morgan fingerprint density at radius 2 is 1.73 bits per heavy atom. The van der Waals surface area contributed by atoms with Crippen molar-refractivity contribution < 1.29 is 18.3 Å². The summed E-state index contributed by atoms with van der Waals surface area (Å²) in [4.78, 5) is 16.5. The summed E-state index contributed by atoms with van der Waals surface area (Å²) in [5.41, 5.74) is 0.503. The van der Waals surface area contributed by atoms with E-state index in [1.165, 1.54) is 30.3 Å². The molecule has 1 heterocycles. The molecule has 3 rings (SSSR count). The van der Waals surface area contributed by atoms with Gasteiger partial charge in [-0.15, -0.1) is 0 Å². The highest BCUT2D eigenvalue weighted by Gasteiger charge is 2.20. The number of carbonyl (C=O) groups is 1. The number of benzene rings is 2. The van der Waals surface area contributed by atoms with Crippen LogP contribution in [0.15, 0.2) is 48.5 Å². The molecule has 0 atom stereocenters. The predicted octanol–water partition coefficient (Wildman–Crippen LogP) is 3.19. The highest BCUT2D eigenvalue weighted by Crippen LogP contribution is 2.15. The fourth-order valence-corrected chi connectivity index (χ4v) is 3.02. The van der Waals surface area contributed by atoms with Gasteiger partial charge in [0.05, 0.1) is 0 Å². The molecule has 4 nitrogen and oxygen atoms in total. The largest absolute Gasteiger partial charge is 0.489 e. The maximum absolute atomic E-state index is 13.5. The number of para-hydroxylation sites is 1. The second-order valence-corrected chi connectivity index (χ2v) is 6.27. The van der Waals surface area contributed by atoms with Crippen LogP contribution in [0.4, 0.5) is 8.78 Å². The van der Waals surface area contributed by atoms with Gasteiger partial charge in [-0.05, 0) is 42.8 Å². The van der Waals surface area contributed by atoms with E-state index in [-0.39, 0.29) is 23.3 Å². The van der Waals surface area contributed by atoms with Gasteiger partial charge in [-0.25, -0.2) is 8.78 Å². The Kier molecular flexibility index (Phi) is 6.17. The van der Waals surface area contributed by atoms with E-state index in [1.54, 1.807) is 23.1 Å². The van der Waals surface area contributed by atoms with Crippen molar-refractivity contribution in [1.82, 2.24) is 9.80 Å². The molecule has 0 radical (unpaired) electrons. The van der Waals surface area contributed by atoms with E-state index in [2.05, 4.69) is 4.90 Å². The summed E-state index contributed by atoms with van der Waals surface area (Å²) in [6.07, 6.45) is 0.854. The topological polar surface area (TPSA) is 32.8 Å². The van der Waals surface area contributed by atoms with Crippen LogP contribution in [0.1, 0.15) is 16.8 Å². The maximum atomic E-state index is 13.5. The van der Waals surface area contributed by atoms with Gasteiger partial charge in [-0.1, -0.05) is 12.1 Å². The Balaban J connectivity index is 1.48. The summed E-state index contributed by atoms with van der Waals surface area (Å²) < 4.78 is 32.1. The minimum Gasteiger partial charge on any atom is -0.489 e. The Morgan fingerprint density at radius 1 is 0.962 bits per heavy atom. The number of rotatable bonds is 5. The van der Waals surface area contributed by atoms with Gasteiger partial charge in [0, 0.05) is 38.3 Å². The van der Waals surface area contributed by atoms with Gasteiger partial charge in [0.25, 0.3) is 5.91 Å². The summed E-state index contributed by atoms with van der Waals surface area (Å²) in [6, 6.07) is 12.0. The van der Waals surface area contributed by atoms with Crippen molar-refractivity contribution in [3.05, 3.63) is 65.7 Å². The minimum atomic E-state index is -0.362. The lowest BCUT2D eigenvalue weighted by molar-refractivity contribution is 0.0760. The quantitative estimate of drug-likeness (QED) is 0.821. The molecule has 138 valence electrons. The van der Waals surface area contributed by atoms with Crippen molar-refractivity contribution in [2.45, 2.75) is 6.42 Å². The lowest BCUT2D eigenvalue weighted by Gasteiger charge is -2.22. The molecule has 0 N–H and O–H groups in total. The van der Waals surface area contributed by atoms with Crippen molar-refractivity contribution in [2.24, 2.45) is 0 Å². The van der Waals surface area contributed by atoms with E-state index in [0.29, 0.717) is 31.8 Å². The third kappa shape index (κ3) is 4.79. The molecule has 6 heteroatoms. The van der Waals surface area contributed by atoms with Crippen LogP contribution in [0, 0.1) is 11.6 Å². The van der Waals surface area contributed by atoms with Crippen LogP contribution in [0.5, 0.6) is 5.75 Å². The monoisotopic (exact) mass is 360 g/mol. The number of halogens is 2. The summed E-state index contributed by atoms with van der Waals surface area (Å²) in [6.45, 7) is 3.93. The number of hydrogen-bond acceptors (Lipinski definition) is 3. The minimum absolute atomic E-state index is 0.0746. The summed E-state index contributed by atoms with van der Waals surface area (Å²) >= 11 is 0. The summed E-state index contributed by atoms with van der Waals surface area (Å²) in [5, 5.41) is 0. The first-order chi connectivity index (χ1) is 12.6. The second-order valence-electron chi connectivity index (χ2n) is 6.27. The van der Waals surface area contributed by atoms with Crippen molar-refractivity contribution in [3.8, 4) is 5.75 Å². The van der Waals surface area contributed by atoms with Crippen molar-refractivity contribution in [1.29, 1.82) is 0 Å². The van der Waals surface area contributed by atoms with Crippen LogP contribution in [0.2, 0.25) is 0 Å². The third-order valence-electron chi connectivity index (χ3n) is 4.47. The molecule has 1 aliphatic heterocycles. The van der Waals surface area contributed by atoms with E-state index >= 15 is 0 Å². The maximum Gasteiger partial charge on any atom is 0.253 e. The lowest BCUT2D eigenvalue weighted by atomic mass is 10.2. The standard InChI is InChI=1S/C20H22F2N2O2/c21-17-8-6-16(7-9-17)20(25)24-11-3-10-23(12-13-24)14-15-26-19-5-2-1-4-18(19)22/h1-2,4-9H,3,10-15H2. The highest BCUT2D eigenvalue weighted by molar-refractivity contribution is 5.94. The van der Waals surface area contributed by atoms with Gasteiger partial charge in [0.2, 0.25) is 0 Å². The Bertz CT molecular complexity index is 737. The van der Waals surface area contributed by atoms with E-state index in [9.17, 15) is 13.6 Å². The van der Waals surface area contributed by atoms with Gasteiger partial charge < -0.3 is 9.64 Å². The van der Waals surface area contributed by atoms with Gasteiger partial charge in [-0.3, -0.25) is 9.69 Å². The average molecular weight is 360 g/mol. The number of nitrogens with zero attached hydrogens (tertiary/aromatic N) is 2. The zero-order valence-electron chi connectivity index (χ0n) is 14.5. The Hall–Kier alpha value is -2.47. The fraction of sp³-hybridized carbons (Fsp3) is 0.350. The van der Waals surface area contributed by atoms with Gasteiger partial charge in [0.1, 0.15) is 12.4 Å². The Morgan fingerprint density at radius 3 is 2.50 bits per heavy atom. The molecule has 0 aliphatic carbocycles. The molecule has 1 amide bonds. The van der Waals surface area contributed by atoms with Gasteiger partial charge >= 0.3 is 0 Å². The molecule has 2 aromatic rings. The summed E-state index contributed by atoms with van der Waals surface area (Å²) in [5.74, 6) is -0.525. The first-order valence-corrected chi connectivity index (χ1v) is 8.78. The van der Waals surface area contributed by atoms with Crippen LogP contribution < -0.4 is 4.74 Å². The molecule has 1 aliphatic rings. The zero-order chi connectivity index (χ0) is 18.4. The van der Waals surface area contributed by atoms with Crippen LogP contribution in [-0.2, 0) is 0 Å². The lowest BCUT2D eigenvalue weighted by Crippen LogP contribution is -2.36. The molecule has 0 saturated carbocycles. The first-order valence-electron chi connectivity index (χ1n) is 8.78. The molecule has 26 heavy (non-hydrogen) atoms. The molecule has 0 spiro atoms. The second kappa shape index (κ2) is 8.76. The smallest absolute Gasteiger partial charge is 0.253 e. The molecular weight excluding hydrogens is 338 g/mol. The van der Waals surface area contributed by atoms with Crippen molar-refractivity contribution in [3.63, 3.8) is 0 Å². The Labute approximate surface area is 152 Å². The fourth-order valence-electron chi connectivity index (χ4n) is 3.02. The number of hydrogen-bond donors (Lipinski definition) is 0. The SMILES string of the molecule is O=C(c1ccc(F)cc1)N1CCCN(CCOc2ccccc2F)CC1. The van der Waals surface area contributed by atoms with Crippen molar-refractivity contribution in [2.75, 3.05) is 39.3 Å². The normalized spacial score (nSPS) is 15.5. The molecule has 0 unspecified atom stereocenters. The van der Waals surface area contributed by atoms with Crippen LogP contribution in [0.3, 0.4) is 0 Å². The van der Waals surface area contributed by atoms with Gasteiger partial charge in [0.15, 0.2) is 11.6 Å². The number of carbonyl (C=O) groups excluding carboxylic acids is 1. The van der Waals surface area contributed by atoms with E-state index in [4.69, 9.17) is 4.74 Å². The molecule has 2 aromatic carbocycles. The average Bonchev–Trinajstić information content (AvgIpc) is 2.89. The molecule has 1 fully saturated rings. The van der Waals surface area contributed by atoms with Crippen LogP contribution >= 0.6 is 0 Å². The predicted molar refractivity (Wildman–Crippen MR) is 95.3 cm³/mol. The third-order valence-corrected chi connectivity index (χ3v) is 4.47. The molecule has 1 saturated heterocycles. The number of amides is 1.